The summed E-state index contributed by atoms with van der Waals surface area (Å²) in [7, 11) is 0. The summed E-state index contributed by atoms with van der Waals surface area (Å²) in [5.41, 5.74) is 6.21. The van der Waals surface area contributed by atoms with Crippen LogP contribution in [-0.2, 0) is 11.3 Å². The fraction of sp³-hybridized carbons (Fsp3) is 0.455. The number of benzene rings is 1. The van der Waals surface area contributed by atoms with Crippen molar-refractivity contribution >= 4 is 0 Å². The van der Waals surface area contributed by atoms with Crippen molar-refractivity contribution in [3.05, 3.63) is 29.1 Å². The molecule has 1 atom stereocenters. The standard InChI is InChI=1S/C11H14FNO3/c12-9-3-7-5-15-6-16-11(7)4-8(9)10(14)1-2-13/h3-4,10,14H,1-2,5-6,13H2. The maximum atomic E-state index is 13.6. The van der Waals surface area contributed by atoms with E-state index in [4.69, 9.17) is 15.2 Å². The van der Waals surface area contributed by atoms with Crippen LogP contribution in [0.15, 0.2) is 12.1 Å². The Hall–Kier alpha value is -1.17. The van der Waals surface area contributed by atoms with Gasteiger partial charge in [0.05, 0.1) is 12.7 Å². The van der Waals surface area contributed by atoms with Crippen molar-refractivity contribution < 1.29 is 19.0 Å². The van der Waals surface area contributed by atoms with Gasteiger partial charge in [-0.25, -0.2) is 4.39 Å². The summed E-state index contributed by atoms with van der Waals surface area (Å²) in [6.07, 6.45) is -0.562. The highest BCUT2D eigenvalue weighted by Crippen LogP contribution is 2.30. The zero-order valence-corrected chi connectivity index (χ0v) is 8.78. The monoisotopic (exact) mass is 227 g/mol. The first-order valence-electron chi connectivity index (χ1n) is 5.13. The Morgan fingerprint density at radius 3 is 3.06 bits per heavy atom. The van der Waals surface area contributed by atoms with E-state index in [1.165, 1.54) is 12.1 Å². The van der Waals surface area contributed by atoms with Gasteiger partial charge in [-0.2, -0.15) is 0 Å². The van der Waals surface area contributed by atoms with Crippen LogP contribution in [0.1, 0.15) is 23.7 Å². The Kier molecular flexibility index (Phi) is 3.38. The third kappa shape index (κ3) is 2.16. The molecule has 1 aliphatic rings. The van der Waals surface area contributed by atoms with Crippen LogP contribution >= 0.6 is 0 Å². The van der Waals surface area contributed by atoms with Crippen LogP contribution < -0.4 is 10.5 Å². The van der Waals surface area contributed by atoms with Crippen molar-refractivity contribution in [2.24, 2.45) is 5.73 Å². The van der Waals surface area contributed by atoms with Gasteiger partial charge in [0.15, 0.2) is 6.79 Å². The molecule has 3 N–H and O–H groups in total. The summed E-state index contributed by atoms with van der Waals surface area (Å²) in [6.45, 7) is 0.798. The Morgan fingerprint density at radius 1 is 1.50 bits per heavy atom. The molecule has 4 nitrogen and oxygen atoms in total. The topological polar surface area (TPSA) is 64.7 Å². The van der Waals surface area contributed by atoms with Crippen molar-refractivity contribution in [3.63, 3.8) is 0 Å². The van der Waals surface area contributed by atoms with E-state index in [0.717, 1.165) is 0 Å². The SMILES string of the molecule is NCCC(O)c1cc2c(cc1F)COCO2. The lowest BCUT2D eigenvalue weighted by Gasteiger charge is -2.20. The smallest absolute Gasteiger partial charge is 0.189 e. The van der Waals surface area contributed by atoms with Gasteiger partial charge in [-0.1, -0.05) is 0 Å². The Balaban J connectivity index is 2.31. The van der Waals surface area contributed by atoms with Crippen molar-refractivity contribution in [1.82, 2.24) is 0 Å². The largest absolute Gasteiger partial charge is 0.467 e. The van der Waals surface area contributed by atoms with Crippen LogP contribution in [0, 0.1) is 5.82 Å². The van der Waals surface area contributed by atoms with Gasteiger partial charge in [0.25, 0.3) is 0 Å². The molecule has 1 aromatic rings. The Bertz CT molecular complexity index is 384. The third-order valence-corrected chi connectivity index (χ3v) is 2.53. The molecule has 5 heteroatoms. The lowest BCUT2D eigenvalue weighted by molar-refractivity contribution is -0.0168. The number of nitrogens with two attached hydrogens (primary N) is 1. The highest BCUT2D eigenvalue weighted by molar-refractivity contribution is 5.39. The molecule has 0 aromatic heterocycles. The van der Waals surface area contributed by atoms with Gasteiger partial charge >= 0.3 is 0 Å². The van der Waals surface area contributed by atoms with Gasteiger partial charge in [-0.05, 0) is 25.1 Å². The minimum atomic E-state index is -0.887. The highest BCUT2D eigenvalue weighted by Gasteiger charge is 2.18. The second-order valence-corrected chi connectivity index (χ2v) is 3.69. The summed E-state index contributed by atoms with van der Waals surface area (Å²) < 4.78 is 23.9. The lowest BCUT2D eigenvalue weighted by atomic mass is 10.0. The Morgan fingerprint density at radius 2 is 2.31 bits per heavy atom. The maximum absolute atomic E-state index is 13.6. The van der Waals surface area contributed by atoms with E-state index in [0.29, 0.717) is 30.9 Å². The Labute approximate surface area is 92.8 Å². The first-order valence-corrected chi connectivity index (χ1v) is 5.13. The number of rotatable bonds is 3. The molecule has 0 fully saturated rings. The average molecular weight is 227 g/mol. The minimum absolute atomic E-state index is 0.158. The van der Waals surface area contributed by atoms with Crippen LogP contribution in [0.5, 0.6) is 5.75 Å². The predicted molar refractivity (Wildman–Crippen MR) is 55.3 cm³/mol. The number of hydrogen-bond acceptors (Lipinski definition) is 4. The first kappa shape index (κ1) is 11.3. The number of ether oxygens (including phenoxy) is 2. The number of aliphatic hydroxyl groups is 1. The fourth-order valence-corrected chi connectivity index (χ4v) is 1.68. The van der Waals surface area contributed by atoms with Crippen molar-refractivity contribution in [2.45, 2.75) is 19.1 Å². The van der Waals surface area contributed by atoms with Gasteiger partial charge in [0.1, 0.15) is 11.6 Å². The van der Waals surface area contributed by atoms with Crippen LogP contribution in [-0.4, -0.2) is 18.4 Å². The number of aliphatic hydroxyl groups excluding tert-OH is 1. The molecule has 0 spiro atoms. The summed E-state index contributed by atoms with van der Waals surface area (Å²) in [4.78, 5) is 0. The van der Waals surface area contributed by atoms with Gasteiger partial charge in [0, 0.05) is 11.1 Å². The zero-order valence-electron chi connectivity index (χ0n) is 8.78. The molecule has 16 heavy (non-hydrogen) atoms. The summed E-state index contributed by atoms with van der Waals surface area (Å²) in [5.74, 6) is 0.118. The van der Waals surface area contributed by atoms with Gasteiger partial charge in [-0.15, -0.1) is 0 Å². The molecule has 0 bridgehead atoms. The van der Waals surface area contributed by atoms with Gasteiger partial charge in [0.2, 0.25) is 0 Å². The summed E-state index contributed by atoms with van der Waals surface area (Å²) in [5, 5.41) is 9.70. The number of fused-ring (bicyclic) bond motifs is 1. The molecule has 1 aromatic carbocycles. The van der Waals surface area contributed by atoms with Crippen molar-refractivity contribution in [2.75, 3.05) is 13.3 Å². The average Bonchev–Trinajstić information content (AvgIpc) is 2.28. The van der Waals surface area contributed by atoms with Crippen LogP contribution in [0.3, 0.4) is 0 Å². The quantitative estimate of drug-likeness (QED) is 0.810. The molecule has 2 rings (SSSR count). The number of halogens is 1. The molecule has 0 aliphatic carbocycles. The molecule has 0 amide bonds. The lowest BCUT2D eigenvalue weighted by Crippen LogP contribution is -2.14. The molecule has 1 aliphatic heterocycles. The second kappa shape index (κ2) is 4.78. The van der Waals surface area contributed by atoms with Crippen LogP contribution in [0.25, 0.3) is 0 Å². The summed E-state index contributed by atoms with van der Waals surface area (Å²) >= 11 is 0. The molecule has 0 saturated heterocycles. The highest BCUT2D eigenvalue weighted by atomic mass is 19.1. The normalized spacial score (nSPS) is 16.4. The van der Waals surface area contributed by atoms with E-state index in [-0.39, 0.29) is 12.4 Å². The van der Waals surface area contributed by atoms with Crippen molar-refractivity contribution in [1.29, 1.82) is 0 Å². The predicted octanol–water partition coefficient (Wildman–Crippen LogP) is 1.07. The van der Waals surface area contributed by atoms with E-state index in [1.807, 2.05) is 0 Å². The minimum Gasteiger partial charge on any atom is -0.467 e. The van der Waals surface area contributed by atoms with E-state index < -0.39 is 11.9 Å². The first-order chi connectivity index (χ1) is 7.72. The van der Waals surface area contributed by atoms with E-state index in [1.54, 1.807) is 0 Å². The molecule has 0 radical (unpaired) electrons. The molecular weight excluding hydrogens is 213 g/mol. The van der Waals surface area contributed by atoms with E-state index in [2.05, 4.69) is 0 Å². The van der Waals surface area contributed by atoms with E-state index >= 15 is 0 Å². The molecular formula is C11H14FNO3. The zero-order chi connectivity index (χ0) is 11.5. The van der Waals surface area contributed by atoms with E-state index in [9.17, 15) is 9.50 Å². The van der Waals surface area contributed by atoms with Crippen LogP contribution in [0.2, 0.25) is 0 Å². The molecule has 1 heterocycles. The van der Waals surface area contributed by atoms with Gasteiger partial charge < -0.3 is 20.3 Å². The molecule has 88 valence electrons. The molecule has 1 unspecified atom stereocenters. The molecule has 0 saturated carbocycles. The summed E-state index contributed by atoms with van der Waals surface area (Å²) in [6, 6.07) is 2.86. The fourth-order valence-electron chi connectivity index (χ4n) is 1.68. The number of hydrogen-bond donors (Lipinski definition) is 2. The maximum Gasteiger partial charge on any atom is 0.189 e. The second-order valence-electron chi connectivity index (χ2n) is 3.69. The third-order valence-electron chi connectivity index (χ3n) is 2.53. The van der Waals surface area contributed by atoms with Gasteiger partial charge in [-0.3, -0.25) is 0 Å². The van der Waals surface area contributed by atoms with Crippen LogP contribution in [0.4, 0.5) is 4.39 Å². The van der Waals surface area contributed by atoms with Crippen molar-refractivity contribution in [3.8, 4) is 5.75 Å².